The smallest absolute Gasteiger partial charge is 0.259 e. The van der Waals surface area contributed by atoms with Crippen LogP contribution in [0.2, 0.25) is 0 Å². The van der Waals surface area contributed by atoms with Crippen LogP contribution in [0.3, 0.4) is 0 Å². The molecule has 1 aliphatic rings. The zero-order valence-electron chi connectivity index (χ0n) is 18.9. The first kappa shape index (κ1) is 22.0. The van der Waals surface area contributed by atoms with E-state index in [2.05, 4.69) is 21.8 Å². The van der Waals surface area contributed by atoms with Gasteiger partial charge >= 0.3 is 0 Å². The monoisotopic (exact) mass is 434 g/mol. The summed E-state index contributed by atoms with van der Waals surface area (Å²) in [5, 5.41) is 11.0. The number of hydrogen-bond donors (Lipinski definition) is 1. The molecule has 7 heteroatoms. The third-order valence-electron chi connectivity index (χ3n) is 6.22. The maximum Gasteiger partial charge on any atom is 0.259 e. The van der Waals surface area contributed by atoms with Crippen LogP contribution in [-0.4, -0.2) is 64.8 Å². The summed E-state index contributed by atoms with van der Waals surface area (Å²) in [6, 6.07) is 12.9. The fourth-order valence-corrected chi connectivity index (χ4v) is 4.32. The summed E-state index contributed by atoms with van der Waals surface area (Å²) < 4.78 is 6.98. The Kier molecular flexibility index (Phi) is 6.58. The predicted molar refractivity (Wildman–Crippen MR) is 124 cm³/mol. The van der Waals surface area contributed by atoms with Crippen LogP contribution in [0.25, 0.3) is 0 Å². The van der Waals surface area contributed by atoms with Crippen molar-refractivity contribution >= 4 is 0 Å². The van der Waals surface area contributed by atoms with Gasteiger partial charge < -0.3 is 19.3 Å². The van der Waals surface area contributed by atoms with Gasteiger partial charge in [-0.1, -0.05) is 12.1 Å². The highest BCUT2D eigenvalue weighted by Crippen LogP contribution is 2.33. The quantitative estimate of drug-likeness (QED) is 0.643. The van der Waals surface area contributed by atoms with E-state index in [0.29, 0.717) is 12.1 Å². The number of likely N-dealkylation sites (N-methyl/N-ethyl adjacent to an activating group) is 1. The molecule has 2 aromatic heterocycles. The molecule has 168 valence electrons. The van der Waals surface area contributed by atoms with Gasteiger partial charge in [-0.15, -0.1) is 0 Å². The second-order valence-corrected chi connectivity index (χ2v) is 8.35. The third kappa shape index (κ3) is 4.54. The summed E-state index contributed by atoms with van der Waals surface area (Å²) in [5.41, 5.74) is 2.92. The Bertz CT molecular complexity index is 1100. The zero-order valence-corrected chi connectivity index (χ0v) is 18.9. The Morgan fingerprint density at radius 2 is 1.72 bits per heavy atom. The van der Waals surface area contributed by atoms with E-state index < -0.39 is 0 Å². The number of aromatic nitrogens is 2. The minimum absolute atomic E-state index is 0.0409. The number of nitrogens with zero attached hydrogens (tertiary/aromatic N) is 4. The summed E-state index contributed by atoms with van der Waals surface area (Å²) in [7, 11) is 3.73. The summed E-state index contributed by atoms with van der Waals surface area (Å²) in [5.74, 6) is 0.816. The van der Waals surface area contributed by atoms with Crippen LogP contribution in [-0.2, 0) is 6.54 Å². The molecule has 32 heavy (non-hydrogen) atoms. The Balaban J connectivity index is 1.78. The highest BCUT2D eigenvalue weighted by molar-refractivity contribution is 5.41. The number of benzene rings is 1. The standard InChI is InChI=1S/C25H30N4O3/c1-18-16-22(30)23(25(31)29(18)17-19-4-6-21(32-3)7-5-19)24(20-8-10-26-11-9-20)28-14-12-27(2)13-15-28/h4-11,16,24,30H,12-15,17H2,1-3H3. The van der Waals surface area contributed by atoms with E-state index in [0.717, 1.165) is 48.7 Å². The second kappa shape index (κ2) is 9.54. The van der Waals surface area contributed by atoms with E-state index in [4.69, 9.17) is 4.74 Å². The second-order valence-electron chi connectivity index (χ2n) is 8.35. The lowest BCUT2D eigenvalue weighted by molar-refractivity contribution is 0.125. The molecule has 0 spiro atoms. The molecule has 1 aromatic carbocycles. The van der Waals surface area contributed by atoms with Crippen molar-refractivity contribution in [1.82, 2.24) is 19.4 Å². The van der Waals surface area contributed by atoms with Crippen molar-refractivity contribution in [2.45, 2.75) is 19.5 Å². The van der Waals surface area contributed by atoms with Gasteiger partial charge in [-0.25, -0.2) is 0 Å². The minimum atomic E-state index is -0.332. The largest absolute Gasteiger partial charge is 0.507 e. The normalized spacial score (nSPS) is 16.1. The van der Waals surface area contributed by atoms with Crippen LogP contribution in [0, 0.1) is 6.92 Å². The van der Waals surface area contributed by atoms with E-state index in [1.54, 1.807) is 30.1 Å². The van der Waals surface area contributed by atoms with Gasteiger partial charge in [0.15, 0.2) is 0 Å². The molecule has 1 N–H and O–H groups in total. The molecule has 7 nitrogen and oxygen atoms in total. The van der Waals surface area contributed by atoms with Gasteiger partial charge in [0.2, 0.25) is 0 Å². The highest BCUT2D eigenvalue weighted by atomic mass is 16.5. The molecule has 1 saturated heterocycles. The van der Waals surface area contributed by atoms with Crippen LogP contribution in [0.5, 0.6) is 11.5 Å². The maximum absolute atomic E-state index is 13.8. The summed E-state index contributed by atoms with van der Waals surface area (Å²) in [6.07, 6.45) is 3.47. The SMILES string of the molecule is COc1ccc(Cn2c(C)cc(O)c(C(c3ccncc3)N3CCN(C)CC3)c2=O)cc1. The number of piperazine rings is 1. The minimum Gasteiger partial charge on any atom is -0.507 e. The van der Waals surface area contributed by atoms with E-state index in [9.17, 15) is 9.90 Å². The summed E-state index contributed by atoms with van der Waals surface area (Å²) in [6.45, 7) is 5.73. The molecule has 1 fully saturated rings. The van der Waals surface area contributed by atoms with Crippen molar-refractivity contribution in [3.05, 3.63) is 87.6 Å². The van der Waals surface area contributed by atoms with Crippen molar-refractivity contribution in [2.24, 2.45) is 0 Å². The number of hydrogen-bond acceptors (Lipinski definition) is 6. The number of aryl methyl sites for hydroxylation is 1. The summed E-state index contributed by atoms with van der Waals surface area (Å²) in [4.78, 5) is 22.5. The molecular formula is C25H30N4O3. The fraction of sp³-hybridized carbons (Fsp3) is 0.360. The average Bonchev–Trinajstić information content (AvgIpc) is 2.81. The maximum atomic E-state index is 13.8. The van der Waals surface area contributed by atoms with Crippen molar-refractivity contribution in [1.29, 1.82) is 0 Å². The number of methoxy groups -OCH3 is 1. The molecule has 0 aliphatic carbocycles. The Hall–Kier alpha value is -3.16. The van der Waals surface area contributed by atoms with Crippen LogP contribution < -0.4 is 10.3 Å². The van der Waals surface area contributed by atoms with E-state index in [1.807, 2.05) is 43.3 Å². The highest BCUT2D eigenvalue weighted by Gasteiger charge is 2.30. The van der Waals surface area contributed by atoms with Crippen LogP contribution in [0.15, 0.2) is 59.7 Å². The van der Waals surface area contributed by atoms with Gasteiger partial charge in [0.1, 0.15) is 11.5 Å². The van der Waals surface area contributed by atoms with Gasteiger partial charge in [-0.2, -0.15) is 0 Å². The molecule has 1 aliphatic heterocycles. The topological polar surface area (TPSA) is 70.8 Å². The third-order valence-corrected chi connectivity index (χ3v) is 6.22. The first-order valence-corrected chi connectivity index (χ1v) is 10.9. The summed E-state index contributed by atoms with van der Waals surface area (Å²) >= 11 is 0. The molecule has 1 atom stereocenters. The molecule has 0 radical (unpaired) electrons. The molecule has 3 aromatic rings. The first-order chi connectivity index (χ1) is 15.5. The fourth-order valence-electron chi connectivity index (χ4n) is 4.32. The van der Waals surface area contributed by atoms with E-state index in [1.165, 1.54) is 0 Å². The van der Waals surface area contributed by atoms with Gasteiger partial charge in [0.25, 0.3) is 5.56 Å². The zero-order chi connectivity index (χ0) is 22.7. The Morgan fingerprint density at radius 3 is 2.34 bits per heavy atom. The Labute approximate surface area is 188 Å². The molecule has 0 saturated carbocycles. The average molecular weight is 435 g/mol. The lowest BCUT2D eigenvalue weighted by Crippen LogP contribution is -2.47. The van der Waals surface area contributed by atoms with Gasteiger partial charge in [0.05, 0.1) is 25.3 Å². The van der Waals surface area contributed by atoms with Crippen LogP contribution >= 0.6 is 0 Å². The Morgan fingerprint density at radius 1 is 1.06 bits per heavy atom. The number of pyridine rings is 2. The number of ether oxygens (including phenoxy) is 1. The molecule has 0 bridgehead atoms. The number of rotatable bonds is 6. The van der Waals surface area contributed by atoms with Gasteiger partial charge in [0, 0.05) is 44.3 Å². The number of aromatic hydroxyl groups is 1. The molecule has 4 rings (SSSR count). The van der Waals surface area contributed by atoms with Crippen molar-refractivity contribution < 1.29 is 9.84 Å². The van der Waals surface area contributed by atoms with Crippen LogP contribution in [0.1, 0.15) is 28.4 Å². The van der Waals surface area contributed by atoms with Crippen molar-refractivity contribution in [3.8, 4) is 11.5 Å². The molecular weight excluding hydrogens is 404 g/mol. The van der Waals surface area contributed by atoms with Crippen molar-refractivity contribution in [2.75, 3.05) is 40.3 Å². The van der Waals surface area contributed by atoms with Crippen molar-refractivity contribution in [3.63, 3.8) is 0 Å². The van der Waals surface area contributed by atoms with Crippen LogP contribution in [0.4, 0.5) is 0 Å². The van der Waals surface area contributed by atoms with Gasteiger partial charge in [-0.05, 0) is 55.4 Å². The molecule has 3 heterocycles. The van der Waals surface area contributed by atoms with E-state index in [-0.39, 0.29) is 17.4 Å². The lowest BCUT2D eigenvalue weighted by Gasteiger charge is -2.38. The van der Waals surface area contributed by atoms with E-state index >= 15 is 0 Å². The lowest BCUT2D eigenvalue weighted by atomic mass is 9.96. The predicted octanol–water partition coefficient (Wildman–Crippen LogP) is 2.65. The molecule has 1 unspecified atom stereocenters. The van der Waals surface area contributed by atoms with Gasteiger partial charge in [-0.3, -0.25) is 14.7 Å². The molecule has 0 amide bonds. The first-order valence-electron chi connectivity index (χ1n) is 10.9.